The van der Waals surface area contributed by atoms with Crippen molar-refractivity contribution in [1.82, 2.24) is 0 Å². The van der Waals surface area contributed by atoms with Gasteiger partial charge in [0.1, 0.15) is 35.9 Å². The molecule has 0 aromatic heterocycles. The molecule has 0 aliphatic carbocycles. The van der Waals surface area contributed by atoms with Gasteiger partial charge in [0.2, 0.25) is 6.29 Å². The van der Waals surface area contributed by atoms with E-state index in [4.69, 9.17) is 14.2 Å². The maximum Gasteiger partial charge on any atom is 0.229 e. The van der Waals surface area contributed by atoms with E-state index in [9.17, 15) is 25.5 Å². The van der Waals surface area contributed by atoms with Gasteiger partial charge >= 0.3 is 0 Å². The molecule has 8 heteroatoms. The number of aliphatic hydroxyl groups excluding tert-OH is 4. The molecule has 5 N–H and O–H groups in total. The quantitative estimate of drug-likeness (QED) is 0.455. The predicted molar refractivity (Wildman–Crippen MR) is 97.4 cm³/mol. The zero-order valence-corrected chi connectivity index (χ0v) is 15.1. The van der Waals surface area contributed by atoms with Gasteiger partial charge in [-0.25, -0.2) is 0 Å². The zero-order chi connectivity index (χ0) is 20.1. The molecular weight excluding hydrogens is 368 g/mol. The summed E-state index contributed by atoms with van der Waals surface area (Å²) in [4.78, 5) is 0. The number of ether oxygens (including phenoxy) is 3. The van der Waals surface area contributed by atoms with Crippen molar-refractivity contribution in [3.63, 3.8) is 0 Å². The van der Waals surface area contributed by atoms with Gasteiger partial charge in [-0.05, 0) is 35.4 Å². The van der Waals surface area contributed by atoms with Crippen LogP contribution >= 0.6 is 0 Å². The number of phenols is 1. The molecular formula is C20H24O8. The van der Waals surface area contributed by atoms with Crippen LogP contribution in [0.15, 0.2) is 48.5 Å². The zero-order valence-electron chi connectivity index (χ0n) is 15.1. The third kappa shape index (κ3) is 4.99. The molecule has 2 aromatic carbocycles. The van der Waals surface area contributed by atoms with Crippen LogP contribution in [0.2, 0.25) is 0 Å². The van der Waals surface area contributed by atoms with E-state index in [2.05, 4.69) is 0 Å². The molecule has 2 aromatic rings. The fraction of sp³-hybridized carbons (Fsp3) is 0.400. The first-order valence-corrected chi connectivity index (χ1v) is 8.89. The van der Waals surface area contributed by atoms with Gasteiger partial charge in [0.15, 0.2) is 0 Å². The molecule has 1 aliphatic heterocycles. The minimum Gasteiger partial charge on any atom is -0.508 e. The van der Waals surface area contributed by atoms with Gasteiger partial charge in [-0.3, -0.25) is 0 Å². The summed E-state index contributed by atoms with van der Waals surface area (Å²) in [6.45, 7) is 0.271. The van der Waals surface area contributed by atoms with Crippen LogP contribution in [0, 0.1) is 0 Å². The van der Waals surface area contributed by atoms with E-state index in [0.29, 0.717) is 19.0 Å². The third-order valence-electron chi connectivity index (χ3n) is 4.50. The molecule has 1 fully saturated rings. The fourth-order valence-corrected chi connectivity index (χ4v) is 2.84. The van der Waals surface area contributed by atoms with Crippen molar-refractivity contribution in [2.45, 2.75) is 43.9 Å². The van der Waals surface area contributed by atoms with Gasteiger partial charge in [-0.2, -0.15) is 0 Å². The number of hydrogen-bond acceptors (Lipinski definition) is 8. The van der Waals surface area contributed by atoms with Crippen LogP contribution in [0.5, 0.6) is 11.5 Å². The van der Waals surface area contributed by atoms with E-state index in [1.807, 2.05) is 0 Å². The van der Waals surface area contributed by atoms with Crippen LogP contribution in [0.3, 0.4) is 0 Å². The Morgan fingerprint density at radius 3 is 1.93 bits per heavy atom. The molecule has 3 rings (SSSR count). The largest absolute Gasteiger partial charge is 0.508 e. The van der Waals surface area contributed by atoms with Crippen molar-refractivity contribution in [3.05, 3.63) is 59.7 Å². The van der Waals surface area contributed by atoms with E-state index in [1.165, 1.54) is 0 Å². The van der Waals surface area contributed by atoms with Crippen molar-refractivity contribution in [3.8, 4) is 11.5 Å². The molecule has 0 unspecified atom stereocenters. The fourth-order valence-electron chi connectivity index (χ4n) is 2.84. The van der Waals surface area contributed by atoms with E-state index in [1.54, 1.807) is 48.5 Å². The second-order valence-corrected chi connectivity index (χ2v) is 6.62. The Hall–Kier alpha value is -2.20. The molecule has 0 saturated carbocycles. The maximum atomic E-state index is 10.0. The standard InChI is InChI=1S/C20H24O8/c21-9-16-17(23)18(24)19(25)20(28-16)27-15-7-3-13(4-8-15)11-26-10-12-1-5-14(22)6-2-12/h1-8,16-25H,9-11H2/t16-,17-,18+,19-,20-/m1/s1. The van der Waals surface area contributed by atoms with Crippen molar-refractivity contribution < 1.29 is 39.7 Å². The minimum absolute atomic E-state index is 0.207. The van der Waals surface area contributed by atoms with Crippen molar-refractivity contribution in [2.24, 2.45) is 0 Å². The smallest absolute Gasteiger partial charge is 0.229 e. The van der Waals surface area contributed by atoms with Crippen molar-refractivity contribution in [1.29, 1.82) is 0 Å². The molecule has 28 heavy (non-hydrogen) atoms. The van der Waals surface area contributed by atoms with E-state index in [-0.39, 0.29) is 5.75 Å². The lowest BCUT2D eigenvalue weighted by atomic mass is 9.99. The van der Waals surface area contributed by atoms with E-state index < -0.39 is 37.3 Å². The highest BCUT2D eigenvalue weighted by Gasteiger charge is 2.44. The van der Waals surface area contributed by atoms with Crippen LogP contribution in [-0.4, -0.2) is 62.8 Å². The SMILES string of the molecule is OC[C@H]1O[C@@H](Oc2ccc(COCc3ccc(O)cc3)cc2)[C@H](O)[C@@H](O)[C@@H]1O. The molecule has 1 heterocycles. The number of phenolic OH excluding ortho intramolecular Hbond substituents is 1. The molecule has 0 radical (unpaired) electrons. The lowest BCUT2D eigenvalue weighted by molar-refractivity contribution is -0.277. The first-order valence-electron chi connectivity index (χ1n) is 8.89. The summed E-state index contributed by atoms with van der Waals surface area (Å²) in [5.41, 5.74) is 1.85. The highest BCUT2D eigenvalue weighted by molar-refractivity contribution is 5.27. The van der Waals surface area contributed by atoms with Gasteiger partial charge in [-0.1, -0.05) is 24.3 Å². The summed E-state index contributed by atoms with van der Waals surface area (Å²) in [5.74, 6) is 0.602. The number of aliphatic hydroxyl groups is 4. The highest BCUT2D eigenvalue weighted by atomic mass is 16.7. The van der Waals surface area contributed by atoms with Gasteiger partial charge in [0, 0.05) is 0 Å². The van der Waals surface area contributed by atoms with Gasteiger partial charge in [-0.15, -0.1) is 0 Å². The number of hydrogen-bond donors (Lipinski definition) is 5. The molecule has 0 bridgehead atoms. The summed E-state index contributed by atoms with van der Waals surface area (Å²) in [7, 11) is 0. The lowest BCUT2D eigenvalue weighted by Crippen LogP contribution is -2.60. The summed E-state index contributed by atoms with van der Waals surface area (Å²) < 4.78 is 16.5. The van der Waals surface area contributed by atoms with Crippen LogP contribution in [0.1, 0.15) is 11.1 Å². The van der Waals surface area contributed by atoms with Crippen molar-refractivity contribution in [2.75, 3.05) is 6.61 Å². The normalized spacial score (nSPS) is 27.5. The Morgan fingerprint density at radius 2 is 1.36 bits per heavy atom. The first kappa shape index (κ1) is 20.5. The lowest BCUT2D eigenvalue weighted by Gasteiger charge is -2.39. The Labute approximate surface area is 162 Å². The number of rotatable bonds is 7. The summed E-state index contributed by atoms with van der Waals surface area (Å²) in [5, 5.41) is 48.0. The van der Waals surface area contributed by atoms with Gasteiger partial charge in [0.25, 0.3) is 0 Å². The molecule has 1 aliphatic rings. The second kappa shape index (κ2) is 9.33. The predicted octanol–water partition coefficient (Wildman–Crippen LogP) is 0.288. The molecule has 0 spiro atoms. The van der Waals surface area contributed by atoms with Gasteiger partial charge < -0.3 is 39.7 Å². The molecule has 8 nitrogen and oxygen atoms in total. The van der Waals surface area contributed by atoms with E-state index in [0.717, 1.165) is 11.1 Å². The second-order valence-electron chi connectivity index (χ2n) is 6.62. The Bertz CT molecular complexity index is 731. The number of aromatic hydroxyl groups is 1. The van der Waals surface area contributed by atoms with Crippen molar-refractivity contribution >= 4 is 0 Å². The monoisotopic (exact) mass is 392 g/mol. The first-order chi connectivity index (χ1) is 13.5. The number of benzene rings is 2. The average Bonchev–Trinajstić information content (AvgIpc) is 2.71. The van der Waals surface area contributed by atoms with Crippen LogP contribution in [0.4, 0.5) is 0 Å². The van der Waals surface area contributed by atoms with Crippen LogP contribution < -0.4 is 4.74 Å². The molecule has 5 atom stereocenters. The molecule has 1 saturated heterocycles. The summed E-state index contributed by atoms with van der Waals surface area (Å²) >= 11 is 0. The minimum atomic E-state index is -1.48. The Balaban J connectivity index is 1.51. The van der Waals surface area contributed by atoms with E-state index >= 15 is 0 Å². The Morgan fingerprint density at radius 1 is 0.786 bits per heavy atom. The Kier molecular flexibility index (Phi) is 6.84. The van der Waals surface area contributed by atoms with Gasteiger partial charge in [0.05, 0.1) is 19.8 Å². The highest BCUT2D eigenvalue weighted by Crippen LogP contribution is 2.24. The molecule has 0 amide bonds. The van der Waals surface area contributed by atoms with Crippen LogP contribution in [-0.2, 0) is 22.7 Å². The van der Waals surface area contributed by atoms with Crippen LogP contribution in [0.25, 0.3) is 0 Å². The maximum absolute atomic E-state index is 10.0. The third-order valence-corrected chi connectivity index (χ3v) is 4.50. The average molecular weight is 392 g/mol. The molecule has 152 valence electrons. The summed E-state index contributed by atoms with van der Waals surface area (Å²) in [6, 6.07) is 13.7. The topological polar surface area (TPSA) is 129 Å². The summed E-state index contributed by atoms with van der Waals surface area (Å²) in [6.07, 6.45) is -6.59.